The molecule has 0 fully saturated rings. The van der Waals surface area contributed by atoms with Gasteiger partial charge in [-0.15, -0.1) is 0 Å². The number of aromatic nitrogens is 1. The molecule has 0 aliphatic heterocycles. The van der Waals surface area contributed by atoms with E-state index in [9.17, 15) is 4.79 Å². The van der Waals surface area contributed by atoms with Crippen molar-refractivity contribution in [2.45, 2.75) is 12.8 Å². The Morgan fingerprint density at radius 2 is 1.58 bits per heavy atom. The zero-order valence-electron chi connectivity index (χ0n) is 14.2. The van der Waals surface area contributed by atoms with Crippen molar-refractivity contribution in [3.63, 3.8) is 0 Å². The maximum absolute atomic E-state index is 12.5. The van der Waals surface area contributed by atoms with Gasteiger partial charge in [0.1, 0.15) is 5.78 Å². The smallest absolute Gasteiger partial charge is 0.141 e. The van der Waals surface area contributed by atoms with E-state index in [1.165, 1.54) is 10.9 Å². The van der Waals surface area contributed by atoms with E-state index in [1.807, 2.05) is 48.7 Å². The molecule has 3 heteroatoms. The molecule has 0 unspecified atom stereocenters. The van der Waals surface area contributed by atoms with Gasteiger partial charge in [0.05, 0.1) is 0 Å². The summed E-state index contributed by atoms with van der Waals surface area (Å²) >= 11 is 6.00. The number of Topliss-reactive ketones (excluding diaryl/α,β-unsaturated/α-hetero) is 1. The monoisotopic (exact) mass is 359 g/mol. The molecule has 0 spiro atoms. The lowest BCUT2D eigenvalue weighted by Crippen LogP contribution is -2.06. The molecule has 0 amide bonds. The summed E-state index contributed by atoms with van der Waals surface area (Å²) < 4.78 is 0. The van der Waals surface area contributed by atoms with Crippen LogP contribution in [-0.4, -0.2) is 10.8 Å². The molecule has 1 aromatic heterocycles. The van der Waals surface area contributed by atoms with Crippen LogP contribution in [0.1, 0.15) is 11.1 Å². The second-order valence-corrected chi connectivity index (χ2v) is 6.90. The van der Waals surface area contributed by atoms with Crippen LogP contribution in [0.3, 0.4) is 0 Å². The second kappa shape index (κ2) is 7.19. The average Bonchev–Trinajstić information content (AvgIpc) is 3.10. The molecule has 0 atom stereocenters. The summed E-state index contributed by atoms with van der Waals surface area (Å²) in [6, 6.07) is 24.0. The van der Waals surface area contributed by atoms with Crippen molar-refractivity contribution in [1.29, 1.82) is 0 Å². The molecule has 0 aliphatic carbocycles. The Morgan fingerprint density at radius 3 is 2.38 bits per heavy atom. The van der Waals surface area contributed by atoms with Gasteiger partial charge in [0.15, 0.2) is 0 Å². The van der Waals surface area contributed by atoms with E-state index in [2.05, 4.69) is 35.3 Å². The van der Waals surface area contributed by atoms with Gasteiger partial charge < -0.3 is 4.98 Å². The zero-order chi connectivity index (χ0) is 17.9. The van der Waals surface area contributed by atoms with E-state index in [0.29, 0.717) is 17.9 Å². The first-order chi connectivity index (χ1) is 12.7. The van der Waals surface area contributed by atoms with Gasteiger partial charge in [0.2, 0.25) is 0 Å². The number of halogens is 1. The van der Waals surface area contributed by atoms with E-state index < -0.39 is 0 Å². The van der Waals surface area contributed by atoms with Crippen LogP contribution in [0.15, 0.2) is 79.0 Å². The quantitative estimate of drug-likeness (QED) is 0.477. The summed E-state index contributed by atoms with van der Waals surface area (Å²) in [5, 5.41) is 1.85. The summed E-state index contributed by atoms with van der Waals surface area (Å²) in [5.74, 6) is 0.185. The lowest BCUT2D eigenvalue weighted by atomic mass is 9.97. The molecule has 0 aliphatic rings. The fourth-order valence-electron chi connectivity index (χ4n) is 3.35. The minimum atomic E-state index is 0.185. The molecule has 3 aromatic carbocycles. The first kappa shape index (κ1) is 16.6. The number of carbonyl (C=O) groups is 1. The van der Waals surface area contributed by atoms with Crippen molar-refractivity contribution >= 4 is 28.3 Å². The van der Waals surface area contributed by atoms with Crippen molar-refractivity contribution in [2.24, 2.45) is 0 Å². The van der Waals surface area contributed by atoms with Crippen LogP contribution >= 0.6 is 11.6 Å². The Hall–Kier alpha value is -2.84. The highest BCUT2D eigenvalue weighted by atomic mass is 35.5. The molecule has 4 rings (SSSR count). The van der Waals surface area contributed by atoms with Crippen molar-refractivity contribution in [1.82, 2.24) is 4.98 Å². The highest BCUT2D eigenvalue weighted by Crippen LogP contribution is 2.28. The van der Waals surface area contributed by atoms with Crippen LogP contribution in [0.25, 0.3) is 22.0 Å². The summed E-state index contributed by atoms with van der Waals surface area (Å²) in [6.07, 6.45) is 2.77. The molecule has 128 valence electrons. The Bertz CT molecular complexity index is 1080. The molecule has 2 nitrogen and oxygen atoms in total. The lowest BCUT2D eigenvalue weighted by molar-refractivity contribution is -0.117. The van der Waals surface area contributed by atoms with E-state index in [4.69, 9.17) is 11.6 Å². The molecule has 1 heterocycles. The van der Waals surface area contributed by atoms with Gasteiger partial charge in [-0.2, -0.15) is 0 Å². The number of hydrogen-bond acceptors (Lipinski definition) is 1. The number of ketones is 1. The zero-order valence-corrected chi connectivity index (χ0v) is 15.0. The summed E-state index contributed by atoms with van der Waals surface area (Å²) in [5.41, 5.74) is 5.40. The van der Waals surface area contributed by atoms with Crippen LogP contribution in [0.5, 0.6) is 0 Å². The first-order valence-corrected chi connectivity index (χ1v) is 8.98. The molecule has 0 bridgehead atoms. The second-order valence-electron chi connectivity index (χ2n) is 6.47. The Labute approximate surface area is 157 Å². The van der Waals surface area contributed by atoms with Gasteiger partial charge in [-0.3, -0.25) is 4.79 Å². The van der Waals surface area contributed by atoms with Gasteiger partial charge in [-0.05, 0) is 46.5 Å². The van der Waals surface area contributed by atoms with Gasteiger partial charge >= 0.3 is 0 Å². The Kier molecular flexibility index (Phi) is 4.59. The third-order valence-electron chi connectivity index (χ3n) is 4.52. The Balaban J connectivity index is 1.56. The van der Waals surface area contributed by atoms with Gasteiger partial charge in [-0.25, -0.2) is 0 Å². The predicted molar refractivity (Wildman–Crippen MR) is 108 cm³/mol. The number of fused-ring (bicyclic) bond motifs is 1. The number of rotatable bonds is 5. The summed E-state index contributed by atoms with van der Waals surface area (Å²) in [7, 11) is 0. The van der Waals surface area contributed by atoms with E-state index in [0.717, 1.165) is 22.2 Å². The number of aromatic amines is 1. The fourth-order valence-corrected chi connectivity index (χ4v) is 3.56. The maximum Gasteiger partial charge on any atom is 0.141 e. The topological polar surface area (TPSA) is 32.9 Å². The molecular weight excluding hydrogens is 342 g/mol. The van der Waals surface area contributed by atoms with Crippen LogP contribution in [0.2, 0.25) is 5.02 Å². The maximum atomic E-state index is 12.5. The number of H-pyrrole nitrogens is 1. The number of nitrogens with one attached hydrogen (secondary N) is 1. The molecule has 0 saturated heterocycles. The number of carbonyl (C=O) groups excluding carboxylic acids is 1. The van der Waals surface area contributed by atoms with Crippen LogP contribution < -0.4 is 0 Å². The van der Waals surface area contributed by atoms with E-state index in [-0.39, 0.29) is 5.78 Å². The molecule has 4 aromatic rings. The fraction of sp³-hybridized carbons (Fsp3) is 0.0870. The van der Waals surface area contributed by atoms with Crippen LogP contribution in [-0.2, 0) is 17.6 Å². The standard InChI is InChI=1S/C23H18ClNO/c24-19-7-2-5-17(13-19)15-20(26)14-16-4-1-6-18(12-16)21-8-3-9-23-22(21)10-11-25-23/h1-13,25H,14-15H2. The van der Waals surface area contributed by atoms with Crippen molar-refractivity contribution in [2.75, 3.05) is 0 Å². The number of benzene rings is 3. The average molecular weight is 360 g/mol. The molecule has 0 radical (unpaired) electrons. The third kappa shape index (κ3) is 3.56. The SMILES string of the molecule is O=C(Cc1cccc(Cl)c1)Cc1cccc(-c2cccc3[nH]ccc23)c1. The lowest BCUT2D eigenvalue weighted by Gasteiger charge is -2.07. The highest BCUT2D eigenvalue weighted by Gasteiger charge is 2.09. The first-order valence-electron chi connectivity index (χ1n) is 8.60. The summed E-state index contributed by atoms with van der Waals surface area (Å²) in [4.78, 5) is 15.7. The van der Waals surface area contributed by atoms with Gasteiger partial charge in [0, 0.05) is 35.0 Å². The minimum absolute atomic E-state index is 0.185. The van der Waals surface area contributed by atoms with Crippen molar-refractivity contribution in [3.05, 3.63) is 95.1 Å². The predicted octanol–water partition coefficient (Wildman–Crippen LogP) is 5.84. The molecule has 26 heavy (non-hydrogen) atoms. The third-order valence-corrected chi connectivity index (χ3v) is 4.76. The molecule has 0 saturated carbocycles. The largest absolute Gasteiger partial charge is 0.361 e. The van der Waals surface area contributed by atoms with Crippen molar-refractivity contribution in [3.8, 4) is 11.1 Å². The normalized spacial score (nSPS) is 11.0. The van der Waals surface area contributed by atoms with Crippen molar-refractivity contribution < 1.29 is 4.79 Å². The molecule has 1 N–H and O–H groups in total. The van der Waals surface area contributed by atoms with E-state index >= 15 is 0 Å². The minimum Gasteiger partial charge on any atom is -0.361 e. The van der Waals surface area contributed by atoms with Gasteiger partial charge in [-0.1, -0.05) is 60.1 Å². The number of hydrogen-bond donors (Lipinski definition) is 1. The van der Waals surface area contributed by atoms with Crippen LogP contribution in [0.4, 0.5) is 0 Å². The molecular formula is C23H18ClNO. The van der Waals surface area contributed by atoms with Gasteiger partial charge in [0.25, 0.3) is 0 Å². The highest BCUT2D eigenvalue weighted by molar-refractivity contribution is 6.30. The summed E-state index contributed by atoms with van der Waals surface area (Å²) in [6.45, 7) is 0. The van der Waals surface area contributed by atoms with E-state index in [1.54, 1.807) is 0 Å². The van der Waals surface area contributed by atoms with Crippen LogP contribution in [0, 0.1) is 0 Å². The Morgan fingerprint density at radius 1 is 0.846 bits per heavy atom.